The molecule has 204 valence electrons. The number of hydrogen-bond acceptors (Lipinski definition) is 6. The maximum atomic E-state index is 13.2. The number of aliphatic hydroxyl groups is 1. The fraction of sp³-hybridized carbons (Fsp3) is 0.423. The number of carbonyl (C=O) groups excluding carboxylic acids is 2. The molecule has 1 aromatic heterocycles. The number of ether oxygens (including phenoxy) is 2. The number of carbonyl (C=O) groups is 2. The molecule has 1 aliphatic rings. The number of methoxy groups -OCH3 is 2. The summed E-state index contributed by atoms with van der Waals surface area (Å²) < 4.78 is 51.8. The largest absolute Gasteiger partial charge is 0.494 e. The molecule has 1 aliphatic carbocycles. The van der Waals surface area contributed by atoms with E-state index in [0.29, 0.717) is 35.6 Å². The lowest BCUT2D eigenvalue weighted by Gasteiger charge is -2.23. The Morgan fingerprint density at radius 2 is 1.95 bits per heavy atom. The van der Waals surface area contributed by atoms with Crippen LogP contribution in [0.15, 0.2) is 36.4 Å². The number of nitrogens with zero attached hydrogens (tertiary/aromatic N) is 3. The third-order valence-electron chi connectivity index (χ3n) is 6.69. The summed E-state index contributed by atoms with van der Waals surface area (Å²) in [5.41, 5.74) is -0.0577. The van der Waals surface area contributed by atoms with Crippen molar-refractivity contribution in [3.05, 3.63) is 47.5 Å². The predicted molar refractivity (Wildman–Crippen MR) is 134 cm³/mol. The second-order valence-corrected chi connectivity index (χ2v) is 9.30. The summed E-state index contributed by atoms with van der Waals surface area (Å²) in [6.45, 7) is 2.24. The number of anilines is 2. The summed E-state index contributed by atoms with van der Waals surface area (Å²) >= 11 is 0. The maximum absolute atomic E-state index is 13.2. The number of alkyl halides is 3. The molecular weight excluding hydrogens is 505 g/mol. The number of likely N-dealkylation sites (N-methyl/N-ethyl adjacent to an activating group) is 1. The third kappa shape index (κ3) is 5.46. The van der Waals surface area contributed by atoms with Gasteiger partial charge in [-0.05, 0) is 44.0 Å². The van der Waals surface area contributed by atoms with Gasteiger partial charge in [0.15, 0.2) is 0 Å². The molecule has 0 radical (unpaired) electrons. The van der Waals surface area contributed by atoms with Crippen LogP contribution in [0.1, 0.15) is 35.7 Å². The molecule has 0 spiro atoms. The first-order valence-electron chi connectivity index (χ1n) is 12.0. The van der Waals surface area contributed by atoms with Crippen LogP contribution < -0.4 is 15.0 Å². The van der Waals surface area contributed by atoms with Crippen molar-refractivity contribution >= 4 is 34.5 Å². The van der Waals surface area contributed by atoms with Crippen molar-refractivity contribution in [2.24, 2.45) is 5.41 Å². The van der Waals surface area contributed by atoms with Crippen molar-refractivity contribution in [3.8, 4) is 5.75 Å². The fourth-order valence-electron chi connectivity index (χ4n) is 4.34. The van der Waals surface area contributed by atoms with Crippen LogP contribution in [0, 0.1) is 5.41 Å². The van der Waals surface area contributed by atoms with Crippen molar-refractivity contribution in [2.75, 3.05) is 44.2 Å². The molecule has 0 saturated heterocycles. The molecule has 2 amide bonds. The SMILES string of the molecule is CCN(C(=O)COC)c1cc2nc(NC(=O)c3cccc(C(F)(F)F)c3)n(CC3(CO)CC3)c2cc1OC. The summed E-state index contributed by atoms with van der Waals surface area (Å²) in [6.07, 6.45) is -3.05. The molecule has 38 heavy (non-hydrogen) atoms. The molecule has 2 N–H and O–H groups in total. The standard InChI is InChI=1S/C26H29F3N4O5/c1-4-32(22(35)13-37-2)20-11-18-19(12-21(20)38-3)33(14-25(15-34)8-9-25)24(30-18)31-23(36)16-6-5-7-17(10-16)26(27,28)29/h5-7,10-12,34H,4,8-9,13-15H2,1-3H3,(H,30,31,36). The smallest absolute Gasteiger partial charge is 0.416 e. The first-order valence-corrected chi connectivity index (χ1v) is 12.0. The summed E-state index contributed by atoms with van der Waals surface area (Å²) in [6, 6.07) is 7.46. The monoisotopic (exact) mass is 534 g/mol. The van der Waals surface area contributed by atoms with E-state index in [9.17, 15) is 27.9 Å². The van der Waals surface area contributed by atoms with Crippen LogP contribution in [0.3, 0.4) is 0 Å². The van der Waals surface area contributed by atoms with E-state index in [-0.39, 0.29) is 36.0 Å². The lowest BCUT2D eigenvalue weighted by atomic mass is 10.1. The molecule has 0 bridgehead atoms. The average Bonchev–Trinajstić information content (AvgIpc) is 3.60. The Bertz CT molecular complexity index is 1350. The van der Waals surface area contributed by atoms with E-state index in [1.165, 1.54) is 31.3 Å². The van der Waals surface area contributed by atoms with E-state index in [2.05, 4.69) is 10.3 Å². The van der Waals surface area contributed by atoms with Gasteiger partial charge in [0, 0.05) is 37.2 Å². The number of rotatable bonds is 10. The van der Waals surface area contributed by atoms with Gasteiger partial charge in [0.25, 0.3) is 11.8 Å². The van der Waals surface area contributed by atoms with Crippen molar-refractivity contribution in [2.45, 2.75) is 32.5 Å². The number of aromatic nitrogens is 2. The van der Waals surface area contributed by atoms with Gasteiger partial charge in [-0.25, -0.2) is 4.98 Å². The minimum absolute atomic E-state index is 0.0714. The highest BCUT2D eigenvalue weighted by Crippen LogP contribution is 2.48. The lowest BCUT2D eigenvalue weighted by Crippen LogP contribution is -2.33. The van der Waals surface area contributed by atoms with Crippen LogP contribution in [0.25, 0.3) is 11.0 Å². The van der Waals surface area contributed by atoms with Crippen LogP contribution in [0.4, 0.5) is 24.8 Å². The first kappa shape index (κ1) is 27.4. The molecule has 1 fully saturated rings. The number of fused-ring (bicyclic) bond motifs is 1. The normalized spacial score (nSPS) is 14.4. The topological polar surface area (TPSA) is 106 Å². The molecule has 4 rings (SSSR count). The Balaban J connectivity index is 1.79. The predicted octanol–water partition coefficient (Wildman–Crippen LogP) is 4.09. The molecule has 9 nitrogen and oxygen atoms in total. The van der Waals surface area contributed by atoms with Crippen LogP contribution in [-0.2, 0) is 22.3 Å². The lowest BCUT2D eigenvalue weighted by molar-refractivity contribution is -0.137. The quantitative estimate of drug-likeness (QED) is 0.406. The number of hydrogen-bond donors (Lipinski definition) is 2. The van der Waals surface area contributed by atoms with Crippen LogP contribution in [0.5, 0.6) is 5.75 Å². The third-order valence-corrected chi connectivity index (χ3v) is 6.69. The number of amides is 2. The molecule has 12 heteroatoms. The zero-order valence-corrected chi connectivity index (χ0v) is 21.3. The zero-order valence-electron chi connectivity index (χ0n) is 21.3. The Morgan fingerprint density at radius 3 is 2.53 bits per heavy atom. The van der Waals surface area contributed by atoms with Crippen molar-refractivity contribution in [1.82, 2.24) is 9.55 Å². The molecule has 2 aromatic carbocycles. The number of halogens is 3. The summed E-state index contributed by atoms with van der Waals surface area (Å²) in [4.78, 5) is 31.7. The molecule has 0 aliphatic heterocycles. The van der Waals surface area contributed by atoms with E-state index in [1.54, 1.807) is 23.6 Å². The zero-order chi connectivity index (χ0) is 27.7. The molecule has 3 aromatic rings. The van der Waals surface area contributed by atoms with Gasteiger partial charge < -0.3 is 24.0 Å². The van der Waals surface area contributed by atoms with Gasteiger partial charge in [0.2, 0.25) is 5.95 Å². The average molecular weight is 535 g/mol. The van der Waals surface area contributed by atoms with Gasteiger partial charge in [-0.1, -0.05) is 6.07 Å². The number of imidazole rings is 1. The van der Waals surface area contributed by atoms with Crippen molar-refractivity contribution in [1.29, 1.82) is 0 Å². The molecule has 0 unspecified atom stereocenters. The second kappa shape index (κ2) is 10.6. The Kier molecular flexibility index (Phi) is 7.65. The summed E-state index contributed by atoms with van der Waals surface area (Å²) in [5.74, 6) is -0.566. The van der Waals surface area contributed by atoms with Crippen LogP contribution >= 0.6 is 0 Å². The minimum atomic E-state index is -4.60. The molecule has 1 heterocycles. The number of aliphatic hydroxyl groups excluding tert-OH is 1. The van der Waals surface area contributed by atoms with Crippen LogP contribution in [0.2, 0.25) is 0 Å². The Morgan fingerprint density at radius 1 is 1.21 bits per heavy atom. The van der Waals surface area contributed by atoms with Crippen LogP contribution in [-0.4, -0.2) is 60.5 Å². The highest BCUT2D eigenvalue weighted by molar-refractivity contribution is 6.05. The van der Waals surface area contributed by atoms with E-state index in [1.807, 2.05) is 0 Å². The van der Waals surface area contributed by atoms with Gasteiger partial charge in [0.05, 0.1) is 36.0 Å². The second-order valence-electron chi connectivity index (χ2n) is 9.30. The highest BCUT2D eigenvalue weighted by Gasteiger charge is 2.43. The van der Waals surface area contributed by atoms with Gasteiger partial charge >= 0.3 is 6.18 Å². The first-order chi connectivity index (χ1) is 18.1. The number of nitrogens with one attached hydrogen (secondary N) is 1. The van der Waals surface area contributed by atoms with Crippen molar-refractivity contribution < 1.29 is 37.3 Å². The van der Waals surface area contributed by atoms with Gasteiger partial charge in [-0.2, -0.15) is 13.2 Å². The van der Waals surface area contributed by atoms with E-state index >= 15 is 0 Å². The van der Waals surface area contributed by atoms with E-state index in [0.717, 1.165) is 25.0 Å². The van der Waals surface area contributed by atoms with E-state index in [4.69, 9.17) is 9.47 Å². The number of benzene rings is 2. The maximum Gasteiger partial charge on any atom is 0.416 e. The summed E-state index contributed by atoms with van der Waals surface area (Å²) in [7, 11) is 2.88. The highest BCUT2D eigenvalue weighted by atomic mass is 19.4. The summed E-state index contributed by atoms with van der Waals surface area (Å²) in [5, 5.41) is 12.6. The van der Waals surface area contributed by atoms with Crippen molar-refractivity contribution in [3.63, 3.8) is 0 Å². The fourth-order valence-corrected chi connectivity index (χ4v) is 4.34. The molecular formula is C26H29F3N4O5. The minimum Gasteiger partial charge on any atom is -0.494 e. The van der Waals surface area contributed by atoms with Gasteiger partial charge in [0.1, 0.15) is 12.4 Å². The molecule has 0 atom stereocenters. The Labute approximate surface area is 217 Å². The molecule has 1 saturated carbocycles. The van der Waals surface area contributed by atoms with E-state index < -0.39 is 17.6 Å². The van der Waals surface area contributed by atoms with Gasteiger partial charge in [-0.3, -0.25) is 14.9 Å². The van der Waals surface area contributed by atoms with Gasteiger partial charge in [-0.15, -0.1) is 0 Å². The Hall–Kier alpha value is -3.64.